The van der Waals surface area contributed by atoms with Crippen LogP contribution in [0.2, 0.25) is 5.02 Å². The number of carbonyl (C=O) groups excluding carboxylic acids is 1. The smallest absolute Gasteiger partial charge is 0.271 e. The van der Waals surface area contributed by atoms with Crippen LogP contribution in [0.15, 0.2) is 71.8 Å². The van der Waals surface area contributed by atoms with E-state index in [1.54, 1.807) is 18.2 Å². The lowest BCUT2D eigenvalue weighted by molar-refractivity contribution is 0.0954. The molecule has 0 aliphatic rings. The van der Waals surface area contributed by atoms with Crippen molar-refractivity contribution >= 4 is 23.7 Å². The van der Waals surface area contributed by atoms with Gasteiger partial charge in [0.1, 0.15) is 23.9 Å². The molecule has 3 aromatic carbocycles. The van der Waals surface area contributed by atoms with E-state index in [0.29, 0.717) is 40.0 Å². The lowest BCUT2D eigenvalue weighted by Crippen LogP contribution is -2.17. The van der Waals surface area contributed by atoms with Gasteiger partial charge >= 0.3 is 0 Å². The summed E-state index contributed by atoms with van der Waals surface area (Å²) in [6.45, 7) is 0.320. The molecule has 0 bridgehead atoms. The molecule has 0 aliphatic heterocycles. The van der Waals surface area contributed by atoms with Gasteiger partial charge in [0.15, 0.2) is 0 Å². The highest BCUT2D eigenvalue weighted by molar-refractivity contribution is 6.31. The van der Waals surface area contributed by atoms with Crippen molar-refractivity contribution in [3.8, 4) is 17.2 Å². The summed E-state index contributed by atoms with van der Waals surface area (Å²) in [6.07, 6.45) is 1.53. The summed E-state index contributed by atoms with van der Waals surface area (Å²) < 4.78 is 16.3. The molecule has 0 saturated carbocycles. The Bertz CT molecular complexity index is 1030. The summed E-state index contributed by atoms with van der Waals surface area (Å²) >= 11 is 6.18. The second kappa shape index (κ2) is 10.3. The van der Waals surface area contributed by atoms with Crippen LogP contribution < -0.4 is 19.6 Å². The van der Waals surface area contributed by atoms with Crippen LogP contribution in [-0.2, 0) is 6.61 Å². The minimum atomic E-state index is -0.391. The van der Waals surface area contributed by atoms with Gasteiger partial charge in [-0.25, -0.2) is 5.43 Å². The third-order valence-electron chi connectivity index (χ3n) is 4.24. The highest BCUT2D eigenvalue weighted by atomic mass is 35.5. The number of rotatable bonds is 8. The second-order valence-corrected chi connectivity index (χ2v) is 6.63. The van der Waals surface area contributed by atoms with Gasteiger partial charge in [-0.15, -0.1) is 0 Å². The van der Waals surface area contributed by atoms with Gasteiger partial charge in [0.25, 0.3) is 5.91 Å². The molecule has 3 rings (SSSR count). The predicted molar refractivity (Wildman–Crippen MR) is 117 cm³/mol. The maximum atomic E-state index is 12.4. The molecule has 0 aliphatic carbocycles. The van der Waals surface area contributed by atoms with E-state index < -0.39 is 5.91 Å². The quantitative estimate of drug-likeness (QED) is 0.420. The molecule has 0 atom stereocenters. The van der Waals surface area contributed by atoms with Gasteiger partial charge in [-0.3, -0.25) is 4.79 Å². The molecule has 30 heavy (non-hydrogen) atoms. The fourth-order valence-electron chi connectivity index (χ4n) is 2.65. The Labute approximate surface area is 180 Å². The van der Waals surface area contributed by atoms with Crippen molar-refractivity contribution in [2.24, 2.45) is 5.10 Å². The van der Waals surface area contributed by atoms with Crippen LogP contribution in [0.3, 0.4) is 0 Å². The first-order chi connectivity index (χ1) is 14.6. The zero-order valence-corrected chi connectivity index (χ0v) is 17.3. The van der Waals surface area contributed by atoms with Crippen LogP contribution in [0.4, 0.5) is 0 Å². The second-order valence-electron chi connectivity index (χ2n) is 6.22. The minimum Gasteiger partial charge on any atom is -0.497 e. The molecule has 154 valence electrons. The van der Waals surface area contributed by atoms with Crippen LogP contribution >= 0.6 is 11.6 Å². The van der Waals surface area contributed by atoms with Gasteiger partial charge in [0.05, 0.1) is 20.4 Å². The van der Waals surface area contributed by atoms with Crippen LogP contribution in [-0.4, -0.2) is 26.3 Å². The Morgan fingerprint density at radius 1 is 1.00 bits per heavy atom. The molecular formula is C23H21ClN2O4. The van der Waals surface area contributed by atoms with Gasteiger partial charge in [0, 0.05) is 27.8 Å². The van der Waals surface area contributed by atoms with Gasteiger partial charge in [-0.05, 0) is 30.3 Å². The molecule has 0 fully saturated rings. The third kappa shape index (κ3) is 5.52. The fraction of sp³-hybridized carbons (Fsp3) is 0.130. The molecule has 3 aromatic rings. The van der Waals surface area contributed by atoms with Crippen molar-refractivity contribution in [3.63, 3.8) is 0 Å². The minimum absolute atomic E-state index is 0.320. The van der Waals surface area contributed by atoms with Crippen molar-refractivity contribution < 1.29 is 19.0 Å². The zero-order chi connectivity index (χ0) is 21.3. The molecule has 6 nitrogen and oxygen atoms in total. The Morgan fingerprint density at radius 2 is 1.67 bits per heavy atom. The molecular weight excluding hydrogens is 404 g/mol. The average Bonchev–Trinajstić information content (AvgIpc) is 2.78. The lowest BCUT2D eigenvalue weighted by Gasteiger charge is -2.10. The number of hydrazone groups is 1. The molecule has 0 radical (unpaired) electrons. The SMILES string of the molecule is COc1cc(OC)cc(C(=O)N/N=C\c2ccccc2OCc2ccccc2Cl)c1. The number of methoxy groups -OCH3 is 2. The van der Waals surface area contributed by atoms with Crippen molar-refractivity contribution in [2.75, 3.05) is 14.2 Å². The summed E-state index contributed by atoms with van der Waals surface area (Å²) in [5.41, 5.74) is 4.47. The highest BCUT2D eigenvalue weighted by Crippen LogP contribution is 2.23. The summed E-state index contributed by atoms with van der Waals surface area (Å²) in [6, 6.07) is 19.8. The molecule has 7 heteroatoms. The van der Waals surface area contributed by atoms with E-state index in [2.05, 4.69) is 10.5 Å². The number of halogens is 1. The maximum Gasteiger partial charge on any atom is 0.271 e. The molecule has 0 unspecified atom stereocenters. The van der Waals surface area contributed by atoms with Crippen molar-refractivity contribution in [1.29, 1.82) is 0 Å². The van der Waals surface area contributed by atoms with Crippen molar-refractivity contribution in [1.82, 2.24) is 5.43 Å². The normalized spacial score (nSPS) is 10.6. The van der Waals surface area contributed by atoms with E-state index in [1.165, 1.54) is 20.4 Å². The van der Waals surface area contributed by atoms with E-state index in [9.17, 15) is 4.79 Å². The number of hydrogen-bond acceptors (Lipinski definition) is 5. The van der Waals surface area contributed by atoms with E-state index in [0.717, 1.165) is 5.56 Å². The summed E-state index contributed by atoms with van der Waals surface area (Å²) in [4.78, 5) is 12.4. The van der Waals surface area contributed by atoms with Crippen LogP contribution in [0.25, 0.3) is 0 Å². The molecule has 0 spiro atoms. The van der Waals surface area contributed by atoms with Crippen LogP contribution in [0, 0.1) is 0 Å². The molecule has 0 saturated heterocycles. The maximum absolute atomic E-state index is 12.4. The standard InChI is InChI=1S/C23H21ClN2O4/c1-28-19-11-18(12-20(13-19)29-2)23(27)26-25-14-16-7-4-6-10-22(16)30-15-17-8-3-5-9-21(17)24/h3-14H,15H2,1-2H3,(H,26,27)/b25-14-. The Balaban J connectivity index is 1.68. The number of hydrogen-bond donors (Lipinski definition) is 1. The van der Waals surface area contributed by atoms with Crippen molar-refractivity contribution in [2.45, 2.75) is 6.61 Å². The number of benzene rings is 3. The molecule has 0 heterocycles. The third-order valence-corrected chi connectivity index (χ3v) is 4.61. The lowest BCUT2D eigenvalue weighted by atomic mass is 10.2. The fourth-order valence-corrected chi connectivity index (χ4v) is 2.84. The first-order valence-corrected chi connectivity index (χ1v) is 9.50. The summed E-state index contributed by atoms with van der Waals surface area (Å²) in [5.74, 6) is 1.26. The Kier molecular flexibility index (Phi) is 7.29. The van der Waals surface area contributed by atoms with Crippen LogP contribution in [0.1, 0.15) is 21.5 Å². The summed E-state index contributed by atoms with van der Waals surface area (Å²) in [5, 5.41) is 4.69. The van der Waals surface area contributed by atoms with E-state index >= 15 is 0 Å². The van der Waals surface area contributed by atoms with E-state index in [-0.39, 0.29) is 0 Å². The molecule has 0 aromatic heterocycles. The zero-order valence-electron chi connectivity index (χ0n) is 16.6. The number of ether oxygens (including phenoxy) is 3. The largest absolute Gasteiger partial charge is 0.497 e. The Hall–Kier alpha value is -3.51. The topological polar surface area (TPSA) is 69.2 Å². The van der Waals surface area contributed by atoms with Gasteiger partial charge in [0.2, 0.25) is 0 Å². The Morgan fingerprint density at radius 3 is 2.37 bits per heavy atom. The van der Waals surface area contributed by atoms with E-state index in [4.69, 9.17) is 25.8 Å². The van der Waals surface area contributed by atoms with Gasteiger partial charge in [-0.2, -0.15) is 5.10 Å². The van der Waals surface area contributed by atoms with Gasteiger partial charge < -0.3 is 14.2 Å². The first kappa shape index (κ1) is 21.2. The number of nitrogens with one attached hydrogen (secondary N) is 1. The molecule has 1 amide bonds. The van der Waals surface area contributed by atoms with Gasteiger partial charge in [-0.1, -0.05) is 41.9 Å². The number of carbonyl (C=O) groups is 1. The molecule has 1 N–H and O–H groups in total. The monoisotopic (exact) mass is 424 g/mol. The number of nitrogens with zero attached hydrogens (tertiary/aromatic N) is 1. The first-order valence-electron chi connectivity index (χ1n) is 9.12. The predicted octanol–water partition coefficient (Wildman–Crippen LogP) is 4.70. The average molecular weight is 425 g/mol. The van der Waals surface area contributed by atoms with Crippen LogP contribution in [0.5, 0.6) is 17.2 Å². The highest BCUT2D eigenvalue weighted by Gasteiger charge is 2.09. The number of para-hydroxylation sites is 1. The van der Waals surface area contributed by atoms with Crippen molar-refractivity contribution in [3.05, 3.63) is 88.4 Å². The van der Waals surface area contributed by atoms with E-state index in [1.807, 2.05) is 48.5 Å². The summed E-state index contributed by atoms with van der Waals surface area (Å²) in [7, 11) is 3.04. The number of amides is 1.